The predicted octanol–water partition coefficient (Wildman–Crippen LogP) is 3.05. The zero-order chi connectivity index (χ0) is 14.5. The number of benzene rings is 1. The Balaban J connectivity index is 2.04. The minimum Gasteiger partial charge on any atom is -0.469 e. The van der Waals surface area contributed by atoms with E-state index >= 15 is 0 Å². The topological polar surface area (TPSA) is 59.3 Å². The highest BCUT2D eigenvalue weighted by Gasteiger charge is 2.38. The molecule has 3 rings (SSSR count). The molecule has 0 atom stereocenters. The van der Waals surface area contributed by atoms with Crippen LogP contribution in [0.4, 0.5) is 5.69 Å². The number of hydrogen-bond donors (Lipinski definition) is 1. The van der Waals surface area contributed by atoms with Gasteiger partial charge in [-0.3, -0.25) is 9.59 Å². The van der Waals surface area contributed by atoms with E-state index < -0.39 is 5.41 Å². The van der Waals surface area contributed by atoms with Crippen molar-refractivity contribution in [2.45, 2.75) is 26.2 Å². The van der Waals surface area contributed by atoms with E-state index in [1.807, 2.05) is 13.8 Å². The summed E-state index contributed by atoms with van der Waals surface area (Å²) in [6, 6.07) is 7.01. The third kappa shape index (κ3) is 1.76. The van der Waals surface area contributed by atoms with Crippen LogP contribution in [0.2, 0.25) is 0 Å². The first-order valence-electron chi connectivity index (χ1n) is 6.45. The fraction of sp³-hybridized carbons (Fsp3) is 0.250. The molecule has 0 unspecified atom stereocenters. The summed E-state index contributed by atoms with van der Waals surface area (Å²) in [5.74, 6) is 0.558. The van der Waals surface area contributed by atoms with Crippen molar-refractivity contribution < 1.29 is 14.0 Å². The van der Waals surface area contributed by atoms with E-state index in [9.17, 15) is 9.59 Å². The molecule has 0 radical (unpaired) electrons. The van der Waals surface area contributed by atoms with Crippen molar-refractivity contribution in [3.8, 4) is 0 Å². The van der Waals surface area contributed by atoms with Crippen LogP contribution in [0.15, 0.2) is 34.9 Å². The number of anilines is 1. The van der Waals surface area contributed by atoms with Gasteiger partial charge in [0.1, 0.15) is 12.0 Å². The first-order chi connectivity index (χ1) is 9.39. The van der Waals surface area contributed by atoms with Crippen molar-refractivity contribution in [1.82, 2.24) is 0 Å². The molecule has 20 heavy (non-hydrogen) atoms. The molecule has 1 aromatic carbocycles. The maximum absolute atomic E-state index is 12.4. The molecule has 1 amide bonds. The Labute approximate surface area is 116 Å². The minimum absolute atomic E-state index is 0.0451. The lowest BCUT2D eigenvalue weighted by molar-refractivity contribution is -0.119. The van der Waals surface area contributed by atoms with Gasteiger partial charge in [0.25, 0.3) is 0 Å². The third-order valence-electron chi connectivity index (χ3n) is 3.76. The number of fused-ring (bicyclic) bond motifs is 1. The van der Waals surface area contributed by atoms with Gasteiger partial charge in [-0.25, -0.2) is 0 Å². The fourth-order valence-electron chi connectivity index (χ4n) is 2.44. The number of rotatable bonds is 2. The molecular formula is C16H15NO3. The van der Waals surface area contributed by atoms with Crippen LogP contribution < -0.4 is 5.32 Å². The van der Waals surface area contributed by atoms with Gasteiger partial charge < -0.3 is 9.73 Å². The van der Waals surface area contributed by atoms with Crippen LogP contribution in [0.3, 0.4) is 0 Å². The molecule has 0 saturated carbocycles. The average Bonchev–Trinajstić information content (AvgIpc) is 2.92. The van der Waals surface area contributed by atoms with Crippen LogP contribution in [-0.4, -0.2) is 11.7 Å². The van der Waals surface area contributed by atoms with Gasteiger partial charge in [-0.15, -0.1) is 0 Å². The number of ketones is 1. The number of aryl methyl sites for hydroxylation is 1. The normalized spacial score (nSPS) is 15.8. The number of carbonyl (C=O) groups excluding carboxylic acids is 2. The maximum Gasteiger partial charge on any atom is 0.234 e. The lowest BCUT2D eigenvalue weighted by Gasteiger charge is -2.15. The molecular weight excluding hydrogens is 254 g/mol. The van der Waals surface area contributed by atoms with Crippen molar-refractivity contribution in [2.24, 2.45) is 0 Å². The summed E-state index contributed by atoms with van der Waals surface area (Å²) >= 11 is 0. The van der Waals surface area contributed by atoms with Gasteiger partial charge in [0, 0.05) is 11.3 Å². The SMILES string of the molecule is Cc1cc(C(=O)c2ccc3c(c2)C(C)(C)C(=O)N3)co1. The molecule has 0 fully saturated rings. The second kappa shape index (κ2) is 4.07. The Morgan fingerprint density at radius 1 is 1.20 bits per heavy atom. The third-order valence-corrected chi connectivity index (χ3v) is 3.76. The summed E-state index contributed by atoms with van der Waals surface area (Å²) < 4.78 is 5.17. The van der Waals surface area contributed by atoms with E-state index in [2.05, 4.69) is 5.32 Å². The van der Waals surface area contributed by atoms with Gasteiger partial charge in [0.2, 0.25) is 5.91 Å². The second-order valence-corrected chi connectivity index (χ2v) is 5.61. The average molecular weight is 269 g/mol. The Morgan fingerprint density at radius 3 is 2.60 bits per heavy atom. The molecule has 0 aliphatic carbocycles. The molecule has 1 aliphatic rings. The first kappa shape index (κ1) is 12.7. The van der Waals surface area contributed by atoms with Crippen molar-refractivity contribution in [1.29, 1.82) is 0 Å². The van der Waals surface area contributed by atoms with Gasteiger partial charge in [-0.05, 0) is 50.6 Å². The number of amides is 1. The molecule has 1 aromatic heterocycles. The van der Waals surface area contributed by atoms with Gasteiger partial charge >= 0.3 is 0 Å². The van der Waals surface area contributed by atoms with Crippen molar-refractivity contribution >= 4 is 17.4 Å². The summed E-state index contributed by atoms with van der Waals surface area (Å²) in [6.07, 6.45) is 1.46. The molecule has 4 nitrogen and oxygen atoms in total. The number of hydrogen-bond acceptors (Lipinski definition) is 3. The van der Waals surface area contributed by atoms with E-state index in [4.69, 9.17) is 4.42 Å². The Kier molecular flexibility index (Phi) is 2.57. The molecule has 1 N–H and O–H groups in total. The van der Waals surface area contributed by atoms with Crippen molar-refractivity contribution in [3.63, 3.8) is 0 Å². The predicted molar refractivity (Wildman–Crippen MR) is 75.0 cm³/mol. The summed E-state index contributed by atoms with van der Waals surface area (Å²) in [5, 5.41) is 2.83. The maximum atomic E-state index is 12.4. The Hall–Kier alpha value is -2.36. The van der Waals surface area contributed by atoms with Gasteiger partial charge in [0.15, 0.2) is 5.78 Å². The summed E-state index contributed by atoms with van der Waals surface area (Å²) in [4.78, 5) is 24.3. The quantitative estimate of drug-likeness (QED) is 0.852. The van der Waals surface area contributed by atoms with E-state index in [0.717, 1.165) is 11.3 Å². The zero-order valence-electron chi connectivity index (χ0n) is 11.6. The van der Waals surface area contributed by atoms with E-state index in [0.29, 0.717) is 16.9 Å². The van der Waals surface area contributed by atoms with Crippen LogP contribution in [0.5, 0.6) is 0 Å². The summed E-state index contributed by atoms with van der Waals surface area (Å²) in [7, 11) is 0. The van der Waals surface area contributed by atoms with Crippen LogP contribution in [0.1, 0.15) is 41.1 Å². The Morgan fingerprint density at radius 2 is 1.95 bits per heavy atom. The monoisotopic (exact) mass is 269 g/mol. The molecule has 102 valence electrons. The number of carbonyl (C=O) groups is 2. The zero-order valence-corrected chi connectivity index (χ0v) is 11.6. The van der Waals surface area contributed by atoms with E-state index in [1.54, 1.807) is 31.2 Å². The molecule has 2 aromatic rings. The highest BCUT2D eigenvalue weighted by molar-refractivity contribution is 6.11. The van der Waals surface area contributed by atoms with Gasteiger partial charge in [-0.2, -0.15) is 0 Å². The van der Waals surface area contributed by atoms with Crippen LogP contribution in [0, 0.1) is 6.92 Å². The number of furan rings is 1. The smallest absolute Gasteiger partial charge is 0.234 e. The van der Waals surface area contributed by atoms with Crippen LogP contribution in [0.25, 0.3) is 0 Å². The van der Waals surface area contributed by atoms with Crippen LogP contribution >= 0.6 is 0 Å². The van der Waals surface area contributed by atoms with Gasteiger partial charge in [0.05, 0.1) is 11.0 Å². The lowest BCUT2D eigenvalue weighted by atomic mass is 9.85. The minimum atomic E-state index is -0.613. The standard InChI is InChI=1S/C16H15NO3/c1-9-6-11(8-20-9)14(18)10-4-5-13-12(7-10)16(2,3)15(19)17-13/h4-8H,1-3H3,(H,17,19). The fourth-order valence-corrected chi connectivity index (χ4v) is 2.44. The van der Waals surface area contributed by atoms with Crippen molar-refractivity contribution in [2.75, 3.05) is 5.32 Å². The number of nitrogens with one attached hydrogen (secondary N) is 1. The molecule has 4 heteroatoms. The van der Waals surface area contributed by atoms with Crippen molar-refractivity contribution in [3.05, 3.63) is 53.0 Å². The molecule has 1 aliphatic heterocycles. The molecule has 0 saturated heterocycles. The van der Waals surface area contributed by atoms with E-state index in [-0.39, 0.29) is 11.7 Å². The largest absolute Gasteiger partial charge is 0.469 e. The molecule has 0 bridgehead atoms. The highest BCUT2D eigenvalue weighted by atomic mass is 16.3. The summed E-state index contributed by atoms with van der Waals surface area (Å²) in [5.41, 5.74) is 2.11. The second-order valence-electron chi connectivity index (χ2n) is 5.61. The lowest BCUT2D eigenvalue weighted by Crippen LogP contribution is -2.27. The Bertz CT molecular complexity index is 725. The highest BCUT2D eigenvalue weighted by Crippen LogP contribution is 2.38. The summed E-state index contributed by atoms with van der Waals surface area (Å²) in [6.45, 7) is 5.50. The molecule has 2 heterocycles. The van der Waals surface area contributed by atoms with Crippen LogP contribution in [-0.2, 0) is 10.2 Å². The van der Waals surface area contributed by atoms with Gasteiger partial charge in [-0.1, -0.05) is 0 Å². The first-order valence-corrected chi connectivity index (χ1v) is 6.45. The molecule has 0 spiro atoms. The van der Waals surface area contributed by atoms with E-state index in [1.165, 1.54) is 6.26 Å².